The smallest absolute Gasteiger partial charge is 0.269 e. The van der Waals surface area contributed by atoms with Crippen molar-refractivity contribution < 1.29 is 22.8 Å². The third-order valence-corrected chi connectivity index (χ3v) is 4.86. The summed E-state index contributed by atoms with van der Waals surface area (Å²) in [7, 11) is 0. The molecule has 2 aromatic carbocycles. The predicted octanol–water partition coefficient (Wildman–Crippen LogP) is 4.47. The molecular formula is C25H15F3N2O2. The Kier molecular flexibility index (Phi) is 5.61. The maximum absolute atomic E-state index is 13.2. The Balaban J connectivity index is 1.77. The monoisotopic (exact) mass is 432 g/mol. The fourth-order valence-corrected chi connectivity index (χ4v) is 3.26. The Bertz CT molecular complexity index is 1250. The van der Waals surface area contributed by atoms with Crippen LogP contribution in [0.15, 0.2) is 84.7 Å². The molecule has 7 heteroatoms. The van der Waals surface area contributed by atoms with Crippen molar-refractivity contribution in [1.82, 2.24) is 9.88 Å². The van der Waals surface area contributed by atoms with Crippen molar-refractivity contribution in [2.24, 2.45) is 0 Å². The molecule has 0 saturated heterocycles. The fraction of sp³-hybridized carbons (Fsp3) is 0.0800. The van der Waals surface area contributed by atoms with E-state index in [4.69, 9.17) is 0 Å². The van der Waals surface area contributed by atoms with E-state index in [2.05, 4.69) is 16.8 Å². The first-order valence-corrected chi connectivity index (χ1v) is 9.58. The molecule has 2 amide bonds. The van der Waals surface area contributed by atoms with Gasteiger partial charge in [0.05, 0.1) is 17.7 Å². The fourth-order valence-electron chi connectivity index (χ4n) is 3.26. The summed E-state index contributed by atoms with van der Waals surface area (Å²) in [5, 5.41) is 0. The molecule has 32 heavy (non-hydrogen) atoms. The van der Waals surface area contributed by atoms with Crippen LogP contribution in [-0.4, -0.2) is 21.7 Å². The summed E-state index contributed by atoms with van der Waals surface area (Å²) in [6.45, 7) is 0.000832. The average molecular weight is 432 g/mol. The van der Waals surface area contributed by atoms with Crippen LogP contribution in [0, 0.1) is 11.8 Å². The number of benzene rings is 2. The molecule has 1 aliphatic heterocycles. The molecule has 0 saturated carbocycles. The number of rotatable bonds is 3. The molecule has 1 aromatic heterocycles. The Hall–Kier alpha value is -4.18. The lowest BCUT2D eigenvalue weighted by atomic mass is 10.00. The van der Waals surface area contributed by atoms with Crippen LogP contribution in [-0.2, 0) is 22.3 Å². The minimum absolute atomic E-state index is 0.000832. The Morgan fingerprint density at radius 1 is 0.812 bits per heavy atom. The first kappa shape index (κ1) is 21.1. The maximum Gasteiger partial charge on any atom is 0.416 e. The van der Waals surface area contributed by atoms with Gasteiger partial charge in [-0.25, -0.2) is 0 Å². The Labute approximate surface area is 182 Å². The highest BCUT2D eigenvalue weighted by Gasteiger charge is 2.39. The van der Waals surface area contributed by atoms with Gasteiger partial charge < -0.3 is 0 Å². The van der Waals surface area contributed by atoms with E-state index in [1.165, 1.54) is 12.1 Å². The van der Waals surface area contributed by atoms with E-state index in [1.807, 2.05) is 6.07 Å². The topological polar surface area (TPSA) is 50.3 Å². The van der Waals surface area contributed by atoms with Gasteiger partial charge in [0, 0.05) is 18.0 Å². The summed E-state index contributed by atoms with van der Waals surface area (Å²) >= 11 is 0. The van der Waals surface area contributed by atoms with E-state index in [1.54, 1.807) is 48.8 Å². The molecule has 0 aliphatic carbocycles. The van der Waals surface area contributed by atoms with Crippen LogP contribution in [0.25, 0.3) is 5.57 Å². The lowest BCUT2D eigenvalue weighted by Crippen LogP contribution is -2.31. The van der Waals surface area contributed by atoms with Crippen molar-refractivity contribution in [3.8, 4) is 11.8 Å². The van der Waals surface area contributed by atoms with Crippen LogP contribution in [0.5, 0.6) is 0 Å². The molecule has 0 atom stereocenters. The van der Waals surface area contributed by atoms with Crippen LogP contribution in [0.3, 0.4) is 0 Å². The van der Waals surface area contributed by atoms with E-state index in [0.29, 0.717) is 11.1 Å². The standard InChI is InChI=1S/C25H15F3N2O2/c26-25(27,28)20-9-7-19(8-10-20)22-21(11-6-17-4-2-1-3-5-17)23(31)30(24(22)32)16-18-12-14-29-15-13-18/h1-5,7-10,12-15H,16H2. The normalized spacial score (nSPS) is 13.9. The van der Waals surface area contributed by atoms with Crippen molar-refractivity contribution in [3.63, 3.8) is 0 Å². The van der Waals surface area contributed by atoms with Gasteiger partial charge in [-0.3, -0.25) is 19.5 Å². The van der Waals surface area contributed by atoms with Gasteiger partial charge in [-0.05, 0) is 47.5 Å². The van der Waals surface area contributed by atoms with E-state index < -0.39 is 23.6 Å². The number of imide groups is 1. The number of alkyl halides is 3. The SMILES string of the molecule is O=C1C(C#Cc2ccccc2)=C(c2ccc(C(F)(F)F)cc2)C(=O)N1Cc1ccncc1. The predicted molar refractivity (Wildman–Crippen MR) is 111 cm³/mol. The molecule has 4 rings (SSSR count). The highest BCUT2D eigenvalue weighted by Crippen LogP contribution is 2.33. The van der Waals surface area contributed by atoms with Crippen molar-refractivity contribution in [2.45, 2.75) is 12.7 Å². The highest BCUT2D eigenvalue weighted by atomic mass is 19.4. The minimum atomic E-state index is -4.51. The highest BCUT2D eigenvalue weighted by molar-refractivity contribution is 6.37. The second-order valence-electron chi connectivity index (χ2n) is 6.99. The summed E-state index contributed by atoms with van der Waals surface area (Å²) in [5.74, 6) is 4.43. The molecule has 0 radical (unpaired) electrons. The molecule has 3 aromatic rings. The van der Waals surface area contributed by atoms with Crippen LogP contribution in [0.2, 0.25) is 0 Å². The van der Waals surface area contributed by atoms with Crippen LogP contribution in [0.1, 0.15) is 22.3 Å². The van der Waals surface area contributed by atoms with Gasteiger partial charge in [0.1, 0.15) is 5.57 Å². The van der Waals surface area contributed by atoms with Crippen molar-refractivity contribution in [3.05, 3.63) is 107 Å². The maximum atomic E-state index is 13.2. The number of hydrogen-bond acceptors (Lipinski definition) is 3. The number of nitrogens with zero attached hydrogens (tertiary/aromatic N) is 2. The van der Waals surface area contributed by atoms with Gasteiger partial charge in [0.2, 0.25) is 0 Å². The largest absolute Gasteiger partial charge is 0.416 e. The zero-order valence-electron chi connectivity index (χ0n) is 16.6. The van der Waals surface area contributed by atoms with Crippen molar-refractivity contribution in [2.75, 3.05) is 0 Å². The van der Waals surface area contributed by atoms with Crippen molar-refractivity contribution >= 4 is 17.4 Å². The van der Waals surface area contributed by atoms with Gasteiger partial charge in [0.25, 0.3) is 11.8 Å². The second-order valence-corrected chi connectivity index (χ2v) is 6.99. The molecule has 1 aliphatic rings. The summed E-state index contributed by atoms with van der Waals surface area (Å²) in [5.41, 5.74) is 0.620. The summed E-state index contributed by atoms with van der Waals surface area (Å²) in [4.78, 5) is 31.2. The summed E-state index contributed by atoms with van der Waals surface area (Å²) in [6.07, 6.45) is -1.42. The molecule has 2 heterocycles. The van der Waals surface area contributed by atoms with Gasteiger partial charge >= 0.3 is 6.18 Å². The number of aromatic nitrogens is 1. The van der Waals surface area contributed by atoms with Gasteiger partial charge in [0.15, 0.2) is 0 Å². The first-order valence-electron chi connectivity index (χ1n) is 9.58. The molecule has 0 spiro atoms. The number of carbonyl (C=O) groups is 2. The van der Waals surface area contributed by atoms with E-state index >= 15 is 0 Å². The Morgan fingerprint density at radius 2 is 1.47 bits per heavy atom. The third-order valence-electron chi connectivity index (χ3n) is 4.86. The number of amides is 2. The molecule has 4 nitrogen and oxygen atoms in total. The third kappa shape index (κ3) is 4.30. The molecule has 0 unspecified atom stereocenters. The lowest BCUT2D eigenvalue weighted by Gasteiger charge is -2.15. The van der Waals surface area contributed by atoms with E-state index in [-0.39, 0.29) is 23.3 Å². The number of hydrogen-bond donors (Lipinski definition) is 0. The molecule has 0 bridgehead atoms. The average Bonchev–Trinajstić information content (AvgIpc) is 3.03. The van der Waals surface area contributed by atoms with E-state index in [0.717, 1.165) is 17.0 Å². The van der Waals surface area contributed by atoms with Gasteiger partial charge in [-0.2, -0.15) is 13.2 Å². The zero-order chi connectivity index (χ0) is 22.7. The number of carbonyl (C=O) groups excluding carboxylic acids is 2. The molecule has 0 fully saturated rings. The van der Waals surface area contributed by atoms with Gasteiger partial charge in [-0.15, -0.1) is 0 Å². The number of halogens is 3. The lowest BCUT2D eigenvalue weighted by molar-refractivity contribution is -0.138. The van der Waals surface area contributed by atoms with E-state index in [9.17, 15) is 22.8 Å². The molecule has 0 N–H and O–H groups in total. The summed E-state index contributed by atoms with van der Waals surface area (Å²) < 4.78 is 38.9. The van der Waals surface area contributed by atoms with Crippen molar-refractivity contribution in [1.29, 1.82) is 0 Å². The first-order chi connectivity index (χ1) is 15.3. The van der Waals surface area contributed by atoms with Crippen LogP contribution >= 0.6 is 0 Å². The van der Waals surface area contributed by atoms with Crippen LogP contribution < -0.4 is 0 Å². The quantitative estimate of drug-likeness (QED) is 0.453. The molecular weight excluding hydrogens is 417 g/mol. The minimum Gasteiger partial charge on any atom is -0.269 e. The second kappa shape index (κ2) is 8.52. The zero-order valence-corrected chi connectivity index (χ0v) is 16.6. The molecule has 158 valence electrons. The summed E-state index contributed by atoms with van der Waals surface area (Å²) in [6, 6.07) is 16.4. The van der Waals surface area contributed by atoms with Crippen LogP contribution in [0.4, 0.5) is 13.2 Å². The number of pyridine rings is 1. The Morgan fingerprint density at radius 3 is 2.09 bits per heavy atom. The van der Waals surface area contributed by atoms with Gasteiger partial charge in [-0.1, -0.05) is 42.2 Å².